The van der Waals surface area contributed by atoms with Crippen LogP contribution in [0.25, 0.3) is 0 Å². The molecule has 0 bridgehead atoms. The van der Waals surface area contributed by atoms with Crippen LogP contribution in [-0.4, -0.2) is 31.1 Å². The highest BCUT2D eigenvalue weighted by atomic mass is 16.5. The largest absolute Gasteiger partial charge is 0.491 e. The van der Waals surface area contributed by atoms with Crippen LogP contribution in [0.3, 0.4) is 0 Å². The van der Waals surface area contributed by atoms with E-state index >= 15 is 0 Å². The number of benzene rings is 1. The minimum Gasteiger partial charge on any atom is -0.491 e. The molecule has 0 saturated heterocycles. The van der Waals surface area contributed by atoms with Gasteiger partial charge in [-0.1, -0.05) is 19.1 Å². The maximum absolute atomic E-state index is 5.64. The Balaban J connectivity index is 2.44. The number of rotatable bonds is 8. The Morgan fingerprint density at radius 3 is 2.32 bits per heavy atom. The Labute approximate surface area is 117 Å². The summed E-state index contributed by atoms with van der Waals surface area (Å²) in [6.45, 7) is 9.17. The van der Waals surface area contributed by atoms with E-state index in [0.717, 1.165) is 31.8 Å². The molecule has 1 atom stereocenters. The summed E-state index contributed by atoms with van der Waals surface area (Å²) < 4.78 is 5.64. The minimum atomic E-state index is 0.227. The Bertz CT molecular complexity index is 348. The van der Waals surface area contributed by atoms with E-state index in [1.54, 1.807) is 0 Å². The van der Waals surface area contributed by atoms with Crippen molar-refractivity contribution in [1.82, 2.24) is 4.90 Å². The van der Waals surface area contributed by atoms with Crippen molar-refractivity contribution in [1.29, 1.82) is 0 Å². The lowest BCUT2D eigenvalue weighted by molar-refractivity contribution is 0.242. The van der Waals surface area contributed by atoms with Gasteiger partial charge in [0, 0.05) is 13.1 Å². The van der Waals surface area contributed by atoms with Crippen LogP contribution < -0.4 is 10.5 Å². The first-order chi connectivity index (χ1) is 9.01. The average molecular weight is 264 g/mol. The van der Waals surface area contributed by atoms with Gasteiger partial charge in [0.25, 0.3) is 0 Å². The molecule has 19 heavy (non-hydrogen) atoms. The number of hydrogen-bond donors (Lipinski definition) is 1. The summed E-state index contributed by atoms with van der Waals surface area (Å²) in [5.74, 6) is 1.59. The number of hydrogen-bond acceptors (Lipinski definition) is 3. The first-order valence-electron chi connectivity index (χ1n) is 7.15. The van der Waals surface area contributed by atoms with Crippen LogP contribution in [0, 0.1) is 5.92 Å². The highest BCUT2D eigenvalue weighted by molar-refractivity contribution is 5.27. The van der Waals surface area contributed by atoms with E-state index < -0.39 is 0 Å². The van der Waals surface area contributed by atoms with Crippen molar-refractivity contribution in [2.45, 2.75) is 39.8 Å². The molecule has 0 aliphatic rings. The van der Waals surface area contributed by atoms with Crippen LogP contribution in [0.15, 0.2) is 24.3 Å². The summed E-state index contributed by atoms with van der Waals surface area (Å²) in [5, 5.41) is 0. The lowest BCUT2D eigenvalue weighted by atomic mass is 10.1. The zero-order valence-corrected chi connectivity index (χ0v) is 12.7. The van der Waals surface area contributed by atoms with Gasteiger partial charge in [-0.3, -0.25) is 0 Å². The standard InChI is InChI=1S/C16H28N2O/c1-13(2)19-16-7-5-15(6-8-16)12-18(4)11-14(3)9-10-17/h5-8,13-14H,9-12,17H2,1-4H3. The van der Waals surface area contributed by atoms with Crippen LogP contribution in [0.5, 0.6) is 5.75 Å². The summed E-state index contributed by atoms with van der Waals surface area (Å²) in [4.78, 5) is 2.35. The second kappa shape index (κ2) is 8.18. The third kappa shape index (κ3) is 6.60. The maximum Gasteiger partial charge on any atom is 0.119 e. The molecule has 0 heterocycles. The molecule has 0 aliphatic carbocycles. The molecular weight excluding hydrogens is 236 g/mol. The van der Waals surface area contributed by atoms with E-state index in [1.165, 1.54) is 5.56 Å². The van der Waals surface area contributed by atoms with Gasteiger partial charge >= 0.3 is 0 Å². The SMILES string of the molecule is CC(CCN)CN(C)Cc1ccc(OC(C)C)cc1. The van der Waals surface area contributed by atoms with Crippen LogP contribution in [0.4, 0.5) is 0 Å². The van der Waals surface area contributed by atoms with Crippen molar-refractivity contribution in [2.24, 2.45) is 11.7 Å². The first kappa shape index (κ1) is 16.0. The van der Waals surface area contributed by atoms with Gasteiger partial charge < -0.3 is 15.4 Å². The fourth-order valence-corrected chi connectivity index (χ4v) is 2.23. The molecule has 0 saturated carbocycles. The van der Waals surface area contributed by atoms with E-state index in [0.29, 0.717) is 5.92 Å². The number of nitrogens with zero attached hydrogens (tertiary/aromatic N) is 1. The Hall–Kier alpha value is -1.06. The first-order valence-corrected chi connectivity index (χ1v) is 7.15. The molecule has 0 aromatic heterocycles. The molecule has 108 valence electrons. The minimum absolute atomic E-state index is 0.227. The molecule has 2 N–H and O–H groups in total. The molecule has 1 rings (SSSR count). The van der Waals surface area contributed by atoms with Crippen molar-refractivity contribution in [2.75, 3.05) is 20.1 Å². The van der Waals surface area contributed by atoms with Crippen molar-refractivity contribution < 1.29 is 4.74 Å². The second-order valence-corrected chi connectivity index (χ2v) is 5.69. The van der Waals surface area contributed by atoms with Crippen LogP contribution in [-0.2, 0) is 6.54 Å². The smallest absolute Gasteiger partial charge is 0.119 e. The van der Waals surface area contributed by atoms with Gasteiger partial charge in [0.05, 0.1) is 6.10 Å². The predicted octanol–water partition coefficient (Wildman–Crippen LogP) is 2.89. The van der Waals surface area contributed by atoms with Gasteiger partial charge in [0.1, 0.15) is 5.75 Å². The van der Waals surface area contributed by atoms with Gasteiger partial charge in [0.15, 0.2) is 0 Å². The van der Waals surface area contributed by atoms with Gasteiger partial charge in [-0.15, -0.1) is 0 Å². The van der Waals surface area contributed by atoms with Crippen molar-refractivity contribution in [3.8, 4) is 5.75 Å². The molecule has 1 aromatic rings. The molecule has 0 spiro atoms. The van der Waals surface area contributed by atoms with Gasteiger partial charge in [-0.25, -0.2) is 0 Å². The number of ether oxygens (including phenoxy) is 1. The lowest BCUT2D eigenvalue weighted by Crippen LogP contribution is -2.25. The highest BCUT2D eigenvalue weighted by Crippen LogP contribution is 2.15. The molecule has 3 nitrogen and oxygen atoms in total. The molecule has 3 heteroatoms. The van der Waals surface area contributed by atoms with Crippen LogP contribution in [0.2, 0.25) is 0 Å². The quantitative estimate of drug-likeness (QED) is 0.784. The molecule has 1 aromatic carbocycles. The van der Waals surface area contributed by atoms with Crippen molar-refractivity contribution >= 4 is 0 Å². The Morgan fingerprint density at radius 2 is 1.79 bits per heavy atom. The molecule has 0 aliphatic heterocycles. The fourth-order valence-electron chi connectivity index (χ4n) is 2.23. The summed E-state index contributed by atoms with van der Waals surface area (Å²) in [6.07, 6.45) is 1.32. The van der Waals surface area contributed by atoms with Crippen molar-refractivity contribution in [3.63, 3.8) is 0 Å². The summed E-state index contributed by atoms with van der Waals surface area (Å²) in [7, 11) is 2.16. The summed E-state index contributed by atoms with van der Waals surface area (Å²) in [5.41, 5.74) is 6.90. The summed E-state index contributed by atoms with van der Waals surface area (Å²) in [6, 6.07) is 8.38. The lowest BCUT2D eigenvalue weighted by Gasteiger charge is -2.21. The Morgan fingerprint density at radius 1 is 1.16 bits per heavy atom. The molecule has 0 radical (unpaired) electrons. The Kier molecular flexibility index (Phi) is 6.89. The van der Waals surface area contributed by atoms with E-state index in [4.69, 9.17) is 10.5 Å². The van der Waals surface area contributed by atoms with E-state index in [2.05, 4.69) is 31.0 Å². The molecule has 0 fully saturated rings. The van der Waals surface area contributed by atoms with Gasteiger partial charge in [-0.05, 0) is 57.5 Å². The van der Waals surface area contributed by atoms with Gasteiger partial charge in [-0.2, -0.15) is 0 Å². The zero-order valence-electron chi connectivity index (χ0n) is 12.7. The second-order valence-electron chi connectivity index (χ2n) is 5.69. The van der Waals surface area contributed by atoms with Crippen LogP contribution in [0.1, 0.15) is 32.8 Å². The molecule has 1 unspecified atom stereocenters. The van der Waals surface area contributed by atoms with E-state index in [9.17, 15) is 0 Å². The summed E-state index contributed by atoms with van der Waals surface area (Å²) >= 11 is 0. The van der Waals surface area contributed by atoms with Gasteiger partial charge in [0.2, 0.25) is 0 Å². The monoisotopic (exact) mass is 264 g/mol. The molecular formula is C16H28N2O. The van der Waals surface area contributed by atoms with Crippen molar-refractivity contribution in [3.05, 3.63) is 29.8 Å². The third-order valence-corrected chi connectivity index (χ3v) is 3.03. The predicted molar refractivity (Wildman–Crippen MR) is 81.4 cm³/mol. The van der Waals surface area contributed by atoms with Crippen LogP contribution >= 0.6 is 0 Å². The number of nitrogens with two attached hydrogens (primary N) is 1. The normalized spacial score (nSPS) is 13.0. The highest BCUT2D eigenvalue weighted by Gasteiger charge is 2.06. The molecule has 0 amide bonds. The zero-order chi connectivity index (χ0) is 14.3. The maximum atomic E-state index is 5.64. The van der Waals surface area contributed by atoms with E-state index in [-0.39, 0.29) is 6.10 Å². The van der Waals surface area contributed by atoms with E-state index in [1.807, 2.05) is 26.0 Å². The fraction of sp³-hybridized carbons (Fsp3) is 0.625. The third-order valence-electron chi connectivity index (χ3n) is 3.03. The average Bonchev–Trinajstić information content (AvgIpc) is 2.31. The topological polar surface area (TPSA) is 38.5 Å².